The van der Waals surface area contributed by atoms with E-state index < -0.39 is 0 Å². The molecule has 1 aromatic heterocycles. The summed E-state index contributed by atoms with van der Waals surface area (Å²) >= 11 is 6.87. The molecule has 1 aromatic carbocycles. The fourth-order valence-electron chi connectivity index (χ4n) is 1.74. The average molecular weight is 342 g/mol. The highest BCUT2D eigenvalue weighted by atomic mass is 35.5. The molecule has 0 amide bonds. The molecule has 0 saturated carbocycles. The number of ether oxygens (including phenoxy) is 1. The van der Waals surface area contributed by atoms with Crippen LogP contribution in [0.3, 0.4) is 0 Å². The van der Waals surface area contributed by atoms with Gasteiger partial charge in [0.05, 0.1) is 19.8 Å². The van der Waals surface area contributed by atoms with Gasteiger partial charge in [0.2, 0.25) is 0 Å². The first-order valence-corrected chi connectivity index (χ1v) is 7.56. The number of nitrogens with zero attached hydrogens (tertiary/aromatic N) is 2. The molecule has 0 radical (unpaired) electrons. The SMILES string of the molecule is N#Cc1c(Cl)nsc1NCc1ccc(COCCO)c(F)c1. The molecular formula is C14H13ClFN3O2S. The molecule has 0 fully saturated rings. The second kappa shape index (κ2) is 8.06. The molecule has 0 unspecified atom stereocenters. The fourth-order valence-corrected chi connectivity index (χ4v) is 2.66. The Morgan fingerprint density at radius 2 is 2.32 bits per heavy atom. The highest BCUT2D eigenvalue weighted by molar-refractivity contribution is 7.10. The van der Waals surface area contributed by atoms with Crippen LogP contribution >= 0.6 is 23.1 Å². The van der Waals surface area contributed by atoms with Crippen molar-refractivity contribution in [2.75, 3.05) is 18.5 Å². The van der Waals surface area contributed by atoms with Gasteiger partial charge in [0.1, 0.15) is 22.5 Å². The summed E-state index contributed by atoms with van der Waals surface area (Å²) in [6.07, 6.45) is 0. The van der Waals surface area contributed by atoms with Crippen LogP contribution in [0.2, 0.25) is 5.15 Å². The lowest BCUT2D eigenvalue weighted by atomic mass is 10.1. The summed E-state index contributed by atoms with van der Waals surface area (Å²) in [5, 5.41) is 21.3. The Bertz CT molecular complexity index is 687. The summed E-state index contributed by atoms with van der Waals surface area (Å²) in [6, 6.07) is 6.77. The number of halogens is 2. The summed E-state index contributed by atoms with van der Waals surface area (Å²) in [7, 11) is 0. The van der Waals surface area contributed by atoms with Gasteiger partial charge in [-0.25, -0.2) is 4.39 Å². The number of benzene rings is 1. The van der Waals surface area contributed by atoms with E-state index in [2.05, 4.69) is 9.69 Å². The highest BCUT2D eigenvalue weighted by Crippen LogP contribution is 2.28. The van der Waals surface area contributed by atoms with Gasteiger partial charge in [-0.15, -0.1) is 0 Å². The monoisotopic (exact) mass is 341 g/mol. The van der Waals surface area contributed by atoms with E-state index >= 15 is 0 Å². The van der Waals surface area contributed by atoms with E-state index in [1.807, 2.05) is 6.07 Å². The second-order valence-corrected chi connectivity index (χ2v) is 5.48. The zero-order valence-corrected chi connectivity index (χ0v) is 13.0. The molecule has 0 bridgehead atoms. The van der Waals surface area contributed by atoms with Gasteiger partial charge < -0.3 is 15.2 Å². The molecule has 0 spiro atoms. The average Bonchev–Trinajstić information content (AvgIpc) is 2.87. The van der Waals surface area contributed by atoms with Gasteiger partial charge in [-0.2, -0.15) is 9.64 Å². The first kappa shape index (κ1) is 16.6. The summed E-state index contributed by atoms with van der Waals surface area (Å²) in [5.74, 6) is -0.375. The molecule has 1 heterocycles. The Kier molecular flexibility index (Phi) is 6.10. The summed E-state index contributed by atoms with van der Waals surface area (Å²) in [4.78, 5) is 0. The predicted molar refractivity (Wildman–Crippen MR) is 82.3 cm³/mol. The zero-order valence-electron chi connectivity index (χ0n) is 11.5. The van der Waals surface area contributed by atoms with Crippen molar-refractivity contribution in [2.24, 2.45) is 0 Å². The van der Waals surface area contributed by atoms with E-state index in [1.165, 1.54) is 6.07 Å². The Labute approximate surface area is 136 Å². The number of aliphatic hydroxyl groups excluding tert-OH is 1. The fraction of sp³-hybridized carbons (Fsp3) is 0.286. The third-order valence-electron chi connectivity index (χ3n) is 2.83. The summed E-state index contributed by atoms with van der Waals surface area (Å²) < 4.78 is 22.9. The minimum absolute atomic E-state index is 0.0950. The molecule has 5 nitrogen and oxygen atoms in total. The third-order valence-corrected chi connectivity index (χ3v) is 4.00. The van der Waals surface area contributed by atoms with Crippen LogP contribution in [0.5, 0.6) is 0 Å². The van der Waals surface area contributed by atoms with E-state index in [-0.39, 0.29) is 30.8 Å². The molecule has 2 aromatic rings. The molecule has 22 heavy (non-hydrogen) atoms. The van der Waals surface area contributed by atoms with Gasteiger partial charge in [0.25, 0.3) is 0 Å². The van der Waals surface area contributed by atoms with E-state index in [4.69, 9.17) is 26.7 Å². The van der Waals surface area contributed by atoms with Crippen molar-refractivity contribution in [3.05, 3.63) is 45.9 Å². The number of aliphatic hydroxyl groups is 1. The molecule has 0 aliphatic rings. The van der Waals surface area contributed by atoms with Gasteiger partial charge in [0.15, 0.2) is 5.15 Å². The van der Waals surface area contributed by atoms with Crippen LogP contribution < -0.4 is 5.32 Å². The minimum Gasteiger partial charge on any atom is -0.394 e. The van der Waals surface area contributed by atoms with Crippen LogP contribution in [0.15, 0.2) is 18.2 Å². The molecule has 0 aliphatic carbocycles. The summed E-state index contributed by atoms with van der Waals surface area (Å²) in [6.45, 7) is 0.541. The maximum atomic E-state index is 13.9. The normalized spacial score (nSPS) is 10.5. The van der Waals surface area contributed by atoms with Crippen LogP contribution in [0, 0.1) is 17.1 Å². The van der Waals surface area contributed by atoms with Crippen molar-refractivity contribution < 1.29 is 14.2 Å². The quantitative estimate of drug-likeness (QED) is 0.757. The molecule has 116 valence electrons. The van der Waals surface area contributed by atoms with Gasteiger partial charge in [-0.3, -0.25) is 0 Å². The molecule has 2 rings (SSSR count). The Morgan fingerprint density at radius 1 is 1.50 bits per heavy atom. The number of hydrogen-bond donors (Lipinski definition) is 2. The first-order valence-electron chi connectivity index (χ1n) is 6.40. The van der Waals surface area contributed by atoms with E-state index in [0.717, 1.165) is 17.1 Å². The maximum absolute atomic E-state index is 13.9. The topological polar surface area (TPSA) is 78.2 Å². The number of nitrogens with one attached hydrogen (secondary N) is 1. The molecule has 0 saturated heterocycles. The number of aromatic nitrogens is 1. The second-order valence-electron chi connectivity index (χ2n) is 4.34. The zero-order chi connectivity index (χ0) is 15.9. The van der Waals surface area contributed by atoms with Crippen molar-refractivity contribution in [2.45, 2.75) is 13.2 Å². The van der Waals surface area contributed by atoms with Gasteiger partial charge >= 0.3 is 0 Å². The van der Waals surface area contributed by atoms with Crippen LogP contribution in [-0.4, -0.2) is 22.7 Å². The van der Waals surface area contributed by atoms with Crippen molar-refractivity contribution >= 4 is 28.1 Å². The van der Waals surface area contributed by atoms with Gasteiger partial charge in [-0.1, -0.05) is 23.7 Å². The molecule has 0 atom stereocenters. The lowest BCUT2D eigenvalue weighted by molar-refractivity contribution is 0.0799. The van der Waals surface area contributed by atoms with Gasteiger partial charge in [-0.05, 0) is 23.2 Å². The predicted octanol–water partition coefficient (Wildman–Crippen LogP) is 2.93. The smallest absolute Gasteiger partial charge is 0.162 e. The highest BCUT2D eigenvalue weighted by Gasteiger charge is 2.11. The lowest BCUT2D eigenvalue weighted by Gasteiger charge is -2.08. The lowest BCUT2D eigenvalue weighted by Crippen LogP contribution is -2.03. The van der Waals surface area contributed by atoms with Crippen LogP contribution in [-0.2, 0) is 17.9 Å². The number of rotatable bonds is 7. The molecule has 2 N–H and O–H groups in total. The number of anilines is 1. The Morgan fingerprint density at radius 3 is 3.00 bits per heavy atom. The van der Waals surface area contributed by atoms with Gasteiger partial charge in [0, 0.05) is 12.1 Å². The molecule has 0 aliphatic heterocycles. The van der Waals surface area contributed by atoms with E-state index in [9.17, 15) is 4.39 Å². The standard InChI is InChI=1S/C14H13ClFN3O2S/c15-13-11(6-17)14(22-19-13)18-7-9-1-2-10(12(16)5-9)8-21-4-3-20/h1-2,5,18,20H,3-4,7-8H2. The van der Waals surface area contributed by atoms with Crippen molar-refractivity contribution in [3.8, 4) is 6.07 Å². The van der Waals surface area contributed by atoms with Crippen molar-refractivity contribution in [1.82, 2.24) is 4.37 Å². The maximum Gasteiger partial charge on any atom is 0.162 e. The number of hydrogen-bond acceptors (Lipinski definition) is 6. The Hall–Kier alpha value is -1.72. The third kappa shape index (κ3) is 4.15. The summed E-state index contributed by atoms with van der Waals surface area (Å²) in [5.41, 5.74) is 1.44. The Balaban J connectivity index is 1.99. The largest absolute Gasteiger partial charge is 0.394 e. The van der Waals surface area contributed by atoms with Crippen molar-refractivity contribution in [3.63, 3.8) is 0 Å². The van der Waals surface area contributed by atoms with E-state index in [0.29, 0.717) is 22.7 Å². The van der Waals surface area contributed by atoms with Crippen LogP contribution in [0.25, 0.3) is 0 Å². The van der Waals surface area contributed by atoms with Crippen LogP contribution in [0.1, 0.15) is 16.7 Å². The van der Waals surface area contributed by atoms with Crippen LogP contribution in [0.4, 0.5) is 9.39 Å². The first-order chi connectivity index (χ1) is 10.7. The molecule has 8 heteroatoms. The van der Waals surface area contributed by atoms with E-state index in [1.54, 1.807) is 12.1 Å². The molecular weight excluding hydrogens is 329 g/mol. The van der Waals surface area contributed by atoms with Crippen molar-refractivity contribution in [1.29, 1.82) is 5.26 Å². The number of nitriles is 1. The minimum atomic E-state index is -0.375.